The molecule has 2 heterocycles. The molecule has 0 spiro atoms. The van der Waals surface area contributed by atoms with Gasteiger partial charge in [-0.25, -0.2) is 0 Å². The van der Waals surface area contributed by atoms with Crippen molar-refractivity contribution < 1.29 is 4.79 Å². The smallest absolute Gasteiger partial charge is 0.224 e. The van der Waals surface area contributed by atoms with Crippen LogP contribution in [0.4, 0.5) is 0 Å². The topological polar surface area (TPSA) is 41.4 Å². The van der Waals surface area contributed by atoms with Crippen molar-refractivity contribution in [2.75, 3.05) is 32.7 Å². The van der Waals surface area contributed by atoms with E-state index in [-0.39, 0.29) is 5.91 Å². The van der Waals surface area contributed by atoms with Crippen molar-refractivity contribution in [1.29, 1.82) is 0 Å². The number of piperazine rings is 1. The molecule has 1 amide bonds. The molecule has 5 nitrogen and oxygen atoms in total. The van der Waals surface area contributed by atoms with Gasteiger partial charge in [0.05, 0.1) is 18.3 Å². The number of fused-ring (bicyclic) bond motifs is 1. The van der Waals surface area contributed by atoms with E-state index in [4.69, 9.17) is 0 Å². The maximum Gasteiger partial charge on any atom is 0.224 e. The average Bonchev–Trinajstić information content (AvgIpc) is 2.95. The molecule has 0 radical (unpaired) electrons. The van der Waals surface area contributed by atoms with Crippen LogP contribution >= 0.6 is 0 Å². The van der Waals surface area contributed by atoms with E-state index in [1.165, 1.54) is 5.56 Å². The Kier molecular flexibility index (Phi) is 4.43. The van der Waals surface area contributed by atoms with Crippen molar-refractivity contribution >= 4 is 16.8 Å². The van der Waals surface area contributed by atoms with E-state index in [1.54, 1.807) is 0 Å². The standard InChI is InChI=1S/C17H24N4O/c1-3-19-8-10-20(11-9-19)17(22)6-7-21-16-12-14(2)4-5-15(16)13-18-21/h4-5,12-13H,3,6-11H2,1-2H3. The highest BCUT2D eigenvalue weighted by Crippen LogP contribution is 2.16. The number of aryl methyl sites for hydroxylation is 2. The Morgan fingerprint density at radius 3 is 2.73 bits per heavy atom. The quantitative estimate of drug-likeness (QED) is 0.866. The van der Waals surface area contributed by atoms with Gasteiger partial charge in [-0.1, -0.05) is 19.1 Å². The number of nitrogens with zero attached hydrogens (tertiary/aromatic N) is 4. The molecule has 1 aromatic heterocycles. The Balaban J connectivity index is 1.59. The van der Waals surface area contributed by atoms with Crippen LogP contribution in [0.15, 0.2) is 24.4 Å². The van der Waals surface area contributed by atoms with Gasteiger partial charge in [0.15, 0.2) is 0 Å². The molecular formula is C17H24N4O. The number of aromatic nitrogens is 2. The van der Waals surface area contributed by atoms with Gasteiger partial charge in [0, 0.05) is 38.0 Å². The lowest BCUT2D eigenvalue weighted by molar-refractivity contribution is -0.133. The van der Waals surface area contributed by atoms with E-state index in [1.807, 2.05) is 15.8 Å². The Morgan fingerprint density at radius 2 is 2.00 bits per heavy atom. The average molecular weight is 300 g/mol. The first kappa shape index (κ1) is 15.0. The van der Waals surface area contributed by atoms with Crippen LogP contribution in [0.1, 0.15) is 18.9 Å². The molecule has 5 heteroatoms. The number of likely N-dealkylation sites (N-methyl/N-ethyl adjacent to an activating group) is 1. The van der Waals surface area contributed by atoms with Gasteiger partial charge >= 0.3 is 0 Å². The van der Waals surface area contributed by atoms with Gasteiger partial charge in [0.1, 0.15) is 0 Å². The predicted octanol–water partition coefficient (Wildman–Crippen LogP) is 1.90. The summed E-state index contributed by atoms with van der Waals surface area (Å²) in [6.07, 6.45) is 2.40. The zero-order valence-electron chi connectivity index (χ0n) is 13.5. The van der Waals surface area contributed by atoms with Gasteiger partial charge in [-0.3, -0.25) is 9.48 Å². The molecule has 3 rings (SSSR count). The van der Waals surface area contributed by atoms with Crippen LogP contribution in [0.25, 0.3) is 10.9 Å². The zero-order valence-corrected chi connectivity index (χ0v) is 13.5. The van der Waals surface area contributed by atoms with E-state index in [9.17, 15) is 4.79 Å². The van der Waals surface area contributed by atoms with Gasteiger partial charge < -0.3 is 9.80 Å². The number of amides is 1. The summed E-state index contributed by atoms with van der Waals surface area (Å²) in [7, 11) is 0. The molecule has 1 aliphatic heterocycles. The van der Waals surface area contributed by atoms with Gasteiger partial charge in [-0.05, 0) is 25.1 Å². The first-order valence-electron chi connectivity index (χ1n) is 8.09. The van der Waals surface area contributed by atoms with E-state index >= 15 is 0 Å². The molecule has 0 atom stereocenters. The van der Waals surface area contributed by atoms with Crippen LogP contribution < -0.4 is 0 Å². The molecule has 22 heavy (non-hydrogen) atoms. The first-order valence-corrected chi connectivity index (χ1v) is 8.09. The minimum absolute atomic E-state index is 0.243. The van der Waals surface area contributed by atoms with Gasteiger partial charge in [-0.15, -0.1) is 0 Å². The van der Waals surface area contributed by atoms with Gasteiger partial charge in [0.25, 0.3) is 0 Å². The third kappa shape index (κ3) is 3.14. The van der Waals surface area contributed by atoms with Crippen LogP contribution in [0, 0.1) is 6.92 Å². The highest BCUT2D eigenvalue weighted by atomic mass is 16.2. The summed E-state index contributed by atoms with van der Waals surface area (Å²) < 4.78 is 1.95. The molecular weight excluding hydrogens is 276 g/mol. The molecule has 0 aliphatic carbocycles. The zero-order chi connectivity index (χ0) is 15.5. The summed E-state index contributed by atoms with van der Waals surface area (Å²) in [5, 5.41) is 5.55. The first-order chi connectivity index (χ1) is 10.7. The fraction of sp³-hybridized carbons (Fsp3) is 0.529. The van der Waals surface area contributed by atoms with Gasteiger partial charge in [0.2, 0.25) is 5.91 Å². The number of carbonyl (C=O) groups excluding carboxylic acids is 1. The van der Waals surface area contributed by atoms with E-state index < -0.39 is 0 Å². The molecule has 1 aliphatic rings. The number of rotatable bonds is 4. The summed E-state index contributed by atoms with van der Waals surface area (Å²) in [6.45, 7) is 9.66. The Hall–Kier alpha value is -1.88. The Morgan fingerprint density at radius 1 is 1.23 bits per heavy atom. The van der Waals surface area contributed by atoms with E-state index in [0.29, 0.717) is 13.0 Å². The van der Waals surface area contributed by atoms with Crippen molar-refractivity contribution in [3.05, 3.63) is 30.0 Å². The van der Waals surface area contributed by atoms with Crippen LogP contribution in [-0.2, 0) is 11.3 Å². The summed E-state index contributed by atoms with van der Waals surface area (Å²) in [4.78, 5) is 16.7. The molecule has 0 bridgehead atoms. The molecule has 0 saturated carbocycles. The molecule has 2 aromatic rings. The maximum absolute atomic E-state index is 12.4. The number of hydrogen-bond donors (Lipinski definition) is 0. The van der Waals surface area contributed by atoms with Crippen LogP contribution in [0.5, 0.6) is 0 Å². The third-order valence-electron chi connectivity index (χ3n) is 4.51. The van der Waals surface area contributed by atoms with Gasteiger partial charge in [-0.2, -0.15) is 5.10 Å². The van der Waals surface area contributed by atoms with Crippen molar-refractivity contribution in [1.82, 2.24) is 19.6 Å². The molecule has 0 unspecified atom stereocenters. The van der Waals surface area contributed by atoms with Crippen molar-refractivity contribution in [2.45, 2.75) is 26.8 Å². The van der Waals surface area contributed by atoms with Crippen molar-refractivity contribution in [3.8, 4) is 0 Å². The summed E-state index contributed by atoms with van der Waals surface area (Å²) in [5.41, 5.74) is 2.33. The second-order valence-electron chi connectivity index (χ2n) is 6.00. The highest BCUT2D eigenvalue weighted by molar-refractivity contribution is 5.80. The molecule has 118 valence electrons. The van der Waals surface area contributed by atoms with Crippen LogP contribution in [0.3, 0.4) is 0 Å². The minimum atomic E-state index is 0.243. The molecule has 1 saturated heterocycles. The summed E-state index contributed by atoms with van der Waals surface area (Å²) in [6, 6.07) is 6.31. The Bertz CT molecular complexity index is 656. The number of hydrogen-bond acceptors (Lipinski definition) is 3. The normalized spacial score (nSPS) is 16.4. The lowest BCUT2D eigenvalue weighted by Crippen LogP contribution is -2.48. The molecule has 1 aromatic carbocycles. The van der Waals surface area contributed by atoms with E-state index in [2.05, 4.69) is 42.0 Å². The largest absolute Gasteiger partial charge is 0.340 e. The fourth-order valence-corrected chi connectivity index (χ4v) is 3.03. The second-order valence-corrected chi connectivity index (χ2v) is 6.00. The fourth-order valence-electron chi connectivity index (χ4n) is 3.03. The van der Waals surface area contributed by atoms with Crippen molar-refractivity contribution in [3.63, 3.8) is 0 Å². The SMILES string of the molecule is CCN1CCN(C(=O)CCn2ncc3ccc(C)cc32)CC1. The van der Waals surface area contributed by atoms with Crippen LogP contribution in [0.2, 0.25) is 0 Å². The summed E-state index contributed by atoms with van der Waals surface area (Å²) in [5.74, 6) is 0.243. The summed E-state index contributed by atoms with van der Waals surface area (Å²) >= 11 is 0. The lowest BCUT2D eigenvalue weighted by atomic mass is 10.2. The van der Waals surface area contributed by atoms with E-state index in [0.717, 1.165) is 43.6 Å². The molecule has 0 N–H and O–H groups in total. The molecule has 1 fully saturated rings. The number of carbonyl (C=O) groups is 1. The Labute approximate surface area is 131 Å². The highest BCUT2D eigenvalue weighted by Gasteiger charge is 2.20. The number of benzene rings is 1. The third-order valence-corrected chi connectivity index (χ3v) is 4.51. The second kappa shape index (κ2) is 6.48. The minimum Gasteiger partial charge on any atom is -0.340 e. The monoisotopic (exact) mass is 300 g/mol. The maximum atomic E-state index is 12.4. The lowest BCUT2D eigenvalue weighted by Gasteiger charge is -2.34. The predicted molar refractivity (Wildman–Crippen MR) is 87.8 cm³/mol. The van der Waals surface area contributed by atoms with Crippen molar-refractivity contribution in [2.24, 2.45) is 0 Å². The van der Waals surface area contributed by atoms with Crippen LogP contribution in [-0.4, -0.2) is 58.2 Å².